The number of nitrogens with one attached hydrogen (secondary N) is 3. The molecule has 3 N–H and O–H groups in total. The highest BCUT2D eigenvalue weighted by Gasteiger charge is 2.34. The number of benzene rings is 1. The molecule has 4 rings (SSSR count). The zero-order chi connectivity index (χ0) is 21.5. The maximum atomic E-state index is 13.2. The molecule has 2 aromatic heterocycles. The summed E-state index contributed by atoms with van der Waals surface area (Å²) in [6.45, 7) is 1.13. The molecular formula is C19H16F3N7O. The predicted molar refractivity (Wildman–Crippen MR) is 103 cm³/mol. The Labute approximate surface area is 168 Å². The van der Waals surface area contributed by atoms with E-state index in [-0.39, 0.29) is 17.1 Å². The van der Waals surface area contributed by atoms with Crippen LogP contribution in [0.15, 0.2) is 30.5 Å². The van der Waals surface area contributed by atoms with E-state index in [4.69, 9.17) is 0 Å². The lowest BCUT2D eigenvalue weighted by atomic mass is 10.1. The van der Waals surface area contributed by atoms with Crippen LogP contribution < -0.4 is 16.0 Å². The lowest BCUT2D eigenvalue weighted by Crippen LogP contribution is -2.14. The van der Waals surface area contributed by atoms with Crippen molar-refractivity contribution in [3.8, 4) is 6.07 Å². The number of fused-ring (bicyclic) bond motifs is 1. The fraction of sp³-hybridized carbons (Fsp3) is 0.263. The van der Waals surface area contributed by atoms with Crippen LogP contribution in [0.1, 0.15) is 31.0 Å². The van der Waals surface area contributed by atoms with Crippen molar-refractivity contribution in [3.63, 3.8) is 0 Å². The molecule has 1 aliphatic carbocycles. The molecule has 1 aromatic carbocycles. The number of aromatic nitrogens is 3. The Morgan fingerprint density at radius 3 is 2.67 bits per heavy atom. The second-order valence-corrected chi connectivity index (χ2v) is 6.92. The summed E-state index contributed by atoms with van der Waals surface area (Å²) in [4.78, 5) is 15.6. The van der Waals surface area contributed by atoms with Crippen LogP contribution in [-0.2, 0) is 11.0 Å². The van der Waals surface area contributed by atoms with Gasteiger partial charge in [-0.3, -0.25) is 4.79 Å². The number of carbonyl (C=O) groups excluding carboxylic acids is 1. The van der Waals surface area contributed by atoms with Crippen molar-refractivity contribution in [1.82, 2.24) is 14.6 Å². The Bertz CT molecular complexity index is 1180. The van der Waals surface area contributed by atoms with Gasteiger partial charge in [-0.25, -0.2) is 4.98 Å². The van der Waals surface area contributed by atoms with Gasteiger partial charge in [0.2, 0.25) is 5.91 Å². The molecular weight excluding hydrogens is 399 g/mol. The molecule has 0 aliphatic heterocycles. The van der Waals surface area contributed by atoms with Crippen LogP contribution in [0.2, 0.25) is 0 Å². The lowest BCUT2D eigenvalue weighted by Gasteiger charge is -2.16. The summed E-state index contributed by atoms with van der Waals surface area (Å²) in [5.74, 6) is -0.320. The molecule has 154 valence electrons. The van der Waals surface area contributed by atoms with E-state index in [1.54, 1.807) is 6.07 Å². The van der Waals surface area contributed by atoms with Gasteiger partial charge in [-0.05, 0) is 31.0 Å². The van der Waals surface area contributed by atoms with Crippen LogP contribution in [0.25, 0.3) is 5.65 Å². The van der Waals surface area contributed by atoms with Crippen LogP contribution in [0, 0.1) is 11.3 Å². The monoisotopic (exact) mass is 415 g/mol. The van der Waals surface area contributed by atoms with Crippen molar-refractivity contribution in [1.29, 1.82) is 5.26 Å². The second kappa shape index (κ2) is 7.22. The lowest BCUT2D eigenvalue weighted by molar-refractivity contribution is -0.136. The minimum Gasteiger partial charge on any atom is -0.379 e. The van der Waals surface area contributed by atoms with E-state index in [2.05, 4.69) is 26.0 Å². The molecule has 11 heteroatoms. The van der Waals surface area contributed by atoms with Gasteiger partial charge in [0.05, 0.1) is 23.1 Å². The van der Waals surface area contributed by atoms with Gasteiger partial charge in [-0.1, -0.05) is 0 Å². The first-order valence-electron chi connectivity index (χ1n) is 9.06. The van der Waals surface area contributed by atoms with Gasteiger partial charge in [0.15, 0.2) is 17.2 Å². The van der Waals surface area contributed by atoms with E-state index in [1.165, 1.54) is 22.8 Å². The number of nitriles is 1. The average Bonchev–Trinajstić information content (AvgIpc) is 3.37. The number of carbonyl (C=O) groups is 1. The first kappa shape index (κ1) is 19.5. The third-order valence-corrected chi connectivity index (χ3v) is 4.43. The van der Waals surface area contributed by atoms with Gasteiger partial charge in [0.25, 0.3) is 0 Å². The normalized spacial score (nSPS) is 13.7. The highest BCUT2D eigenvalue weighted by atomic mass is 19.4. The van der Waals surface area contributed by atoms with E-state index in [1.807, 2.05) is 6.07 Å². The maximum absolute atomic E-state index is 13.2. The highest BCUT2D eigenvalue weighted by molar-refractivity contribution is 5.90. The SMILES string of the molecule is CC(=O)Nc1cc(Nc2cc(NC3CC3)c3ncc(C#N)n3n2)ccc1C(F)(F)F. The number of halogens is 3. The quantitative estimate of drug-likeness (QED) is 0.584. The zero-order valence-electron chi connectivity index (χ0n) is 15.7. The summed E-state index contributed by atoms with van der Waals surface area (Å²) in [5, 5.41) is 22.1. The summed E-state index contributed by atoms with van der Waals surface area (Å²) in [5.41, 5.74) is 0.330. The Morgan fingerprint density at radius 1 is 1.27 bits per heavy atom. The third-order valence-electron chi connectivity index (χ3n) is 4.43. The number of hydrogen-bond acceptors (Lipinski definition) is 6. The number of amides is 1. The molecule has 0 radical (unpaired) electrons. The van der Waals surface area contributed by atoms with Gasteiger partial charge < -0.3 is 16.0 Å². The largest absolute Gasteiger partial charge is 0.418 e. The summed E-state index contributed by atoms with van der Waals surface area (Å²) >= 11 is 0. The van der Waals surface area contributed by atoms with Crippen LogP contribution in [0.3, 0.4) is 0 Å². The smallest absolute Gasteiger partial charge is 0.379 e. The van der Waals surface area contributed by atoms with Crippen LogP contribution in [0.4, 0.5) is 36.1 Å². The summed E-state index contributed by atoms with van der Waals surface area (Å²) in [7, 11) is 0. The molecule has 1 saturated carbocycles. The summed E-state index contributed by atoms with van der Waals surface area (Å²) in [6.07, 6.45) is -1.19. The van der Waals surface area contributed by atoms with Gasteiger partial charge in [-0.15, -0.1) is 5.10 Å². The third kappa shape index (κ3) is 3.98. The number of imidazole rings is 1. The Morgan fingerprint density at radius 2 is 2.03 bits per heavy atom. The van der Waals surface area contributed by atoms with Crippen molar-refractivity contribution in [2.45, 2.75) is 32.0 Å². The molecule has 8 nitrogen and oxygen atoms in total. The molecule has 1 aliphatic rings. The Kier molecular flexibility index (Phi) is 4.69. The molecule has 0 bridgehead atoms. The number of nitrogens with zero attached hydrogens (tertiary/aromatic N) is 4. The van der Waals surface area contributed by atoms with Gasteiger partial charge in [0, 0.05) is 24.7 Å². The molecule has 3 aromatic rings. The summed E-state index contributed by atoms with van der Waals surface area (Å²) in [6, 6.07) is 7.30. The second-order valence-electron chi connectivity index (χ2n) is 6.92. The highest BCUT2D eigenvalue weighted by Crippen LogP contribution is 2.37. The zero-order valence-corrected chi connectivity index (χ0v) is 15.7. The van der Waals surface area contributed by atoms with Gasteiger partial charge in [-0.2, -0.15) is 22.9 Å². The van der Waals surface area contributed by atoms with Crippen molar-refractivity contribution in [3.05, 3.63) is 41.7 Å². The first-order valence-corrected chi connectivity index (χ1v) is 9.06. The van der Waals surface area contributed by atoms with Crippen LogP contribution >= 0.6 is 0 Å². The molecule has 0 atom stereocenters. The number of hydrogen-bond donors (Lipinski definition) is 3. The molecule has 0 spiro atoms. The first-order chi connectivity index (χ1) is 14.2. The van der Waals surface area contributed by atoms with E-state index >= 15 is 0 Å². The molecule has 0 saturated heterocycles. The number of alkyl halides is 3. The van der Waals surface area contributed by atoms with Crippen molar-refractivity contribution in [2.75, 3.05) is 16.0 Å². The van der Waals surface area contributed by atoms with Gasteiger partial charge >= 0.3 is 6.18 Å². The number of anilines is 4. The minimum atomic E-state index is -4.62. The fourth-order valence-corrected chi connectivity index (χ4v) is 2.97. The molecule has 1 amide bonds. The molecule has 2 heterocycles. The molecule has 30 heavy (non-hydrogen) atoms. The standard InChI is InChI=1S/C19H16F3N7O/c1-10(30)25-15-6-12(4-5-14(15)19(20,21)22)27-17-7-16(26-11-2-3-11)18-24-9-13(8-23)29(18)28-17/h4-7,9,11,26H,2-3H2,1H3,(H,25,30)(H,27,28). The molecule has 0 unspecified atom stereocenters. The van der Waals surface area contributed by atoms with E-state index in [9.17, 15) is 23.2 Å². The van der Waals surface area contributed by atoms with E-state index in [0.29, 0.717) is 23.2 Å². The van der Waals surface area contributed by atoms with Crippen molar-refractivity contribution >= 4 is 34.4 Å². The molecule has 1 fully saturated rings. The van der Waals surface area contributed by atoms with Crippen molar-refractivity contribution < 1.29 is 18.0 Å². The van der Waals surface area contributed by atoms with E-state index in [0.717, 1.165) is 25.8 Å². The van der Waals surface area contributed by atoms with Crippen LogP contribution in [0.5, 0.6) is 0 Å². The number of rotatable bonds is 5. The Hall–Kier alpha value is -3.81. The maximum Gasteiger partial charge on any atom is 0.418 e. The van der Waals surface area contributed by atoms with E-state index < -0.39 is 17.6 Å². The Balaban J connectivity index is 1.73. The average molecular weight is 415 g/mol. The topological polar surface area (TPSA) is 107 Å². The van der Waals surface area contributed by atoms with Crippen molar-refractivity contribution in [2.24, 2.45) is 0 Å². The van der Waals surface area contributed by atoms with Gasteiger partial charge in [0.1, 0.15) is 6.07 Å². The fourth-order valence-electron chi connectivity index (χ4n) is 2.97. The summed E-state index contributed by atoms with van der Waals surface area (Å²) < 4.78 is 41.0. The minimum absolute atomic E-state index is 0.221. The predicted octanol–water partition coefficient (Wildman–Crippen LogP) is 3.90. The van der Waals surface area contributed by atoms with Crippen LogP contribution in [-0.4, -0.2) is 26.5 Å².